The van der Waals surface area contributed by atoms with E-state index in [1.54, 1.807) is 0 Å². The quantitative estimate of drug-likeness (QED) is 0.536. The summed E-state index contributed by atoms with van der Waals surface area (Å²) in [7, 11) is 0. The highest BCUT2D eigenvalue weighted by atomic mass is 15.2. The van der Waals surface area contributed by atoms with Crippen LogP contribution in [0, 0.1) is 5.41 Å². The molecule has 1 heteroatoms. The Morgan fingerprint density at radius 3 is 2.50 bits per heavy atom. The Morgan fingerprint density at radius 1 is 1.50 bits per heavy atom. The van der Waals surface area contributed by atoms with Crippen molar-refractivity contribution in [2.75, 3.05) is 13.1 Å². The summed E-state index contributed by atoms with van der Waals surface area (Å²) in [6.07, 6.45) is 4.49. The number of hydrogen-bond acceptors (Lipinski definition) is 1. The molecule has 1 atom stereocenters. The van der Waals surface area contributed by atoms with Crippen molar-refractivity contribution in [3.8, 4) is 0 Å². The molecule has 0 bridgehead atoms. The molecule has 1 nitrogen and oxygen atoms in total. The molecule has 2 rings (SSSR count). The Kier molecular flexibility index (Phi) is 1.31. The zero-order valence-electron chi connectivity index (χ0n) is 7.06. The van der Waals surface area contributed by atoms with Crippen molar-refractivity contribution in [1.82, 2.24) is 4.90 Å². The highest BCUT2D eigenvalue weighted by molar-refractivity contribution is 5.02. The first-order chi connectivity index (χ1) is 4.76. The van der Waals surface area contributed by atoms with Crippen LogP contribution < -0.4 is 0 Å². The van der Waals surface area contributed by atoms with E-state index < -0.39 is 0 Å². The van der Waals surface area contributed by atoms with Gasteiger partial charge in [0.15, 0.2) is 0 Å². The molecule has 2 aliphatic rings. The molecule has 0 aromatic carbocycles. The normalized spacial score (nSPS) is 37.2. The lowest BCUT2D eigenvalue weighted by Gasteiger charge is -2.17. The Bertz CT molecular complexity index is 138. The van der Waals surface area contributed by atoms with Crippen LogP contribution in [0.2, 0.25) is 0 Å². The van der Waals surface area contributed by atoms with Crippen molar-refractivity contribution in [3.63, 3.8) is 0 Å². The molecule has 1 aliphatic heterocycles. The zero-order chi connectivity index (χ0) is 7.19. The van der Waals surface area contributed by atoms with Crippen molar-refractivity contribution in [2.24, 2.45) is 5.41 Å². The van der Waals surface area contributed by atoms with E-state index in [0.29, 0.717) is 0 Å². The molecule has 10 heavy (non-hydrogen) atoms. The third-order valence-electron chi connectivity index (χ3n) is 3.25. The highest BCUT2D eigenvalue weighted by Crippen LogP contribution is 2.54. The summed E-state index contributed by atoms with van der Waals surface area (Å²) in [5.41, 5.74) is 0.815. The molecule has 0 N–H and O–H groups in total. The van der Waals surface area contributed by atoms with Gasteiger partial charge in [-0.15, -0.1) is 0 Å². The minimum Gasteiger partial charge on any atom is -0.300 e. The fraction of sp³-hybridized carbons (Fsp3) is 1.00. The molecule has 2 fully saturated rings. The molecule has 0 radical (unpaired) electrons. The summed E-state index contributed by atoms with van der Waals surface area (Å²) < 4.78 is 0. The van der Waals surface area contributed by atoms with Crippen LogP contribution in [0.1, 0.15) is 33.1 Å². The first kappa shape index (κ1) is 6.66. The molecule has 0 aromatic heterocycles. The zero-order valence-corrected chi connectivity index (χ0v) is 7.06. The Balaban J connectivity index is 2.00. The molecule has 1 heterocycles. The van der Waals surface area contributed by atoms with Gasteiger partial charge in [0.25, 0.3) is 0 Å². The summed E-state index contributed by atoms with van der Waals surface area (Å²) in [4.78, 5) is 2.62. The Hall–Kier alpha value is -0.0400. The maximum absolute atomic E-state index is 2.62. The molecule has 58 valence electrons. The van der Waals surface area contributed by atoms with Crippen molar-refractivity contribution < 1.29 is 0 Å². The maximum atomic E-state index is 2.62. The lowest BCUT2D eigenvalue weighted by molar-refractivity contribution is 0.277. The fourth-order valence-electron chi connectivity index (χ4n) is 2.37. The number of hydrogen-bond donors (Lipinski definition) is 0. The Morgan fingerprint density at radius 2 is 2.20 bits per heavy atom. The van der Waals surface area contributed by atoms with Gasteiger partial charge in [-0.25, -0.2) is 0 Å². The molecule has 0 amide bonds. The predicted octanol–water partition coefficient (Wildman–Crippen LogP) is 1.88. The molecular formula is C9H17N. The van der Waals surface area contributed by atoms with Gasteiger partial charge >= 0.3 is 0 Å². The number of rotatable bonds is 1. The van der Waals surface area contributed by atoms with Crippen molar-refractivity contribution in [2.45, 2.75) is 39.2 Å². The first-order valence-corrected chi connectivity index (χ1v) is 4.50. The molecular weight excluding hydrogens is 122 g/mol. The van der Waals surface area contributed by atoms with E-state index in [9.17, 15) is 0 Å². The standard InChI is InChI=1S/C9H17N/c1-3-10-7-9(4-5-9)6-8(10)2/h8H,3-7H2,1-2H3. The summed E-state index contributed by atoms with van der Waals surface area (Å²) in [6.45, 7) is 7.29. The van der Waals surface area contributed by atoms with Gasteiger partial charge < -0.3 is 4.90 Å². The number of nitrogens with zero attached hydrogens (tertiary/aromatic N) is 1. The summed E-state index contributed by atoms with van der Waals surface area (Å²) in [5, 5.41) is 0. The van der Waals surface area contributed by atoms with Crippen LogP contribution in [0.5, 0.6) is 0 Å². The van der Waals surface area contributed by atoms with Gasteiger partial charge in [0.1, 0.15) is 0 Å². The van der Waals surface area contributed by atoms with Gasteiger partial charge in [-0.2, -0.15) is 0 Å². The average molecular weight is 139 g/mol. The largest absolute Gasteiger partial charge is 0.300 e. The van der Waals surface area contributed by atoms with E-state index in [4.69, 9.17) is 0 Å². The van der Waals surface area contributed by atoms with E-state index >= 15 is 0 Å². The average Bonchev–Trinajstić information content (AvgIpc) is 2.55. The molecule has 1 unspecified atom stereocenters. The second-order valence-electron chi connectivity index (χ2n) is 4.12. The van der Waals surface area contributed by atoms with Gasteiger partial charge in [-0.3, -0.25) is 0 Å². The van der Waals surface area contributed by atoms with Crippen molar-refractivity contribution >= 4 is 0 Å². The van der Waals surface area contributed by atoms with E-state index in [0.717, 1.165) is 11.5 Å². The lowest BCUT2D eigenvalue weighted by atomic mass is 10.0. The van der Waals surface area contributed by atoms with Crippen LogP contribution >= 0.6 is 0 Å². The molecule has 1 saturated carbocycles. The van der Waals surface area contributed by atoms with Crippen LogP contribution in [0.15, 0.2) is 0 Å². The van der Waals surface area contributed by atoms with Crippen LogP contribution in [-0.4, -0.2) is 24.0 Å². The minimum absolute atomic E-state index is 0.815. The maximum Gasteiger partial charge on any atom is 0.00728 e. The summed E-state index contributed by atoms with van der Waals surface area (Å²) in [5.74, 6) is 0. The highest BCUT2D eigenvalue weighted by Gasteiger charge is 2.49. The molecule has 0 aromatic rings. The first-order valence-electron chi connectivity index (χ1n) is 4.50. The predicted molar refractivity (Wildman–Crippen MR) is 43.0 cm³/mol. The topological polar surface area (TPSA) is 3.24 Å². The monoisotopic (exact) mass is 139 g/mol. The lowest BCUT2D eigenvalue weighted by Crippen LogP contribution is -2.26. The van der Waals surface area contributed by atoms with Gasteiger partial charge in [0.2, 0.25) is 0 Å². The second-order valence-corrected chi connectivity index (χ2v) is 4.12. The summed E-state index contributed by atoms with van der Waals surface area (Å²) >= 11 is 0. The van der Waals surface area contributed by atoms with E-state index in [-0.39, 0.29) is 0 Å². The van der Waals surface area contributed by atoms with E-state index in [2.05, 4.69) is 18.7 Å². The molecule has 1 saturated heterocycles. The van der Waals surface area contributed by atoms with E-state index in [1.807, 2.05) is 0 Å². The second kappa shape index (κ2) is 1.97. The van der Waals surface area contributed by atoms with E-state index in [1.165, 1.54) is 32.4 Å². The Labute approximate surface area is 63.4 Å². The van der Waals surface area contributed by atoms with Crippen molar-refractivity contribution in [1.29, 1.82) is 0 Å². The molecule has 1 aliphatic carbocycles. The van der Waals surface area contributed by atoms with Crippen LogP contribution in [0.4, 0.5) is 0 Å². The SMILES string of the molecule is CCN1CC2(CC2)CC1C. The van der Waals surface area contributed by atoms with Crippen LogP contribution in [0.25, 0.3) is 0 Å². The number of likely N-dealkylation sites (tertiary alicyclic amines) is 1. The smallest absolute Gasteiger partial charge is 0.00728 e. The fourth-order valence-corrected chi connectivity index (χ4v) is 2.37. The van der Waals surface area contributed by atoms with Crippen LogP contribution in [-0.2, 0) is 0 Å². The third kappa shape index (κ3) is 0.878. The van der Waals surface area contributed by atoms with Gasteiger partial charge in [-0.05, 0) is 38.1 Å². The van der Waals surface area contributed by atoms with Gasteiger partial charge in [-0.1, -0.05) is 6.92 Å². The van der Waals surface area contributed by atoms with Crippen LogP contribution in [0.3, 0.4) is 0 Å². The minimum atomic E-state index is 0.815. The third-order valence-corrected chi connectivity index (χ3v) is 3.25. The van der Waals surface area contributed by atoms with Crippen molar-refractivity contribution in [3.05, 3.63) is 0 Å². The van der Waals surface area contributed by atoms with Gasteiger partial charge in [0.05, 0.1) is 0 Å². The summed E-state index contributed by atoms with van der Waals surface area (Å²) in [6, 6.07) is 0.868. The molecule has 1 spiro atoms. The van der Waals surface area contributed by atoms with Gasteiger partial charge in [0, 0.05) is 12.6 Å².